The average molecular weight is 484 g/mol. The van der Waals surface area contributed by atoms with Gasteiger partial charge in [0.25, 0.3) is 5.91 Å². The molecule has 1 amide bonds. The minimum atomic E-state index is -0.386. The zero-order chi connectivity index (χ0) is 24.2. The Morgan fingerprint density at radius 2 is 1.91 bits per heavy atom. The Morgan fingerprint density at radius 3 is 2.80 bits per heavy atom. The number of para-hydroxylation sites is 1. The molecule has 0 aliphatic carbocycles. The SMILES string of the molecule is Cc1[nH]c2ccccc2c1C=NNC(=O)c1cc(-c2cccc(OCc3ccccc3Cl)c2)n[nH]1. The number of fused-ring (bicyclic) bond motifs is 1. The number of ether oxygens (including phenoxy) is 1. The van der Waals surface area contributed by atoms with Gasteiger partial charge < -0.3 is 9.72 Å². The van der Waals surface area contributed by atoms with Gasteiger partial charge in [0.05, 0.1) is 11.9 Å². The second kappa shape index (κ2) is 9.87. The summed E-state index contributed by atoms with van der Waals surface area (Å²) in [6.45, 7) is 2.32. The molecule has 5 aromatic rings. The molecule has 0 saturated carbocycles. The van der Waals surface area contributed by atoms with Crippen LogP contribution >= 0.6 is 11.6 Å². The van der Waals surface area contributed by atoms with Crippen LogP contribution in [-0.4, -0.2) is 27.3 Å². The number of hydrogen-bond acceptors (Lipinski definition) is 4. The van der Waals surface area contributed by atoms with Gasteiger partial charge in [0.15, 0.2) is 0 Å². The van der Waals surface area contributed by atoms with Crippen LogP contribution in [-0.2, 0) is 6.61 Å². The lowest BCUT2D eigenvalue weighted by atomic mass is 10.1. The van der Waals surface area contributed by atoms with Crippen molar-refractivity contribution in [3.05, 3.63) is 106 Å². The summed E-state index contributed by atoms with van der Waals surface area (Å²) >= 11 is 6.21. The van der Waals surface area contributed by atoms with Gasteiger partial charge in [-0.2, -0.15) is 10.2 Å². The topological polar surface area (TPSA) is 95.2 Å². The molecule has 8 heteroatoms. The van der Waals surface area contributed by atoms with Crippen LogP contribution in [0.4, 0.5) is 0 Å². The van der Waals surface area contributed by atoms with E-state index in [4.69, 9.17) is 16.3 Å². The second-order valence-electron chi connectivity index (χ2n) is 7.98. The molecule has 0 unspecified atom stereocenters. The fourth-order valence-corrected chi connectivity index (χ4v) is 3.98. The number of carbonyl (C=O) groups excluding carboxylic acids is 1. The summed E-state index contributed by atoms with van der Waals surface area (Å²) in [5, 5.41) is 12.9. The van der Waals surface area contributed by atoms with Gasteiger partial charge in [0, 0.05) is 38.3 Å². The average Bonchev–Trinajstić information content (AvgIpc) is 3.49. The van der Waals surface area contributed by atoms with Crippen LogP contribution in [0.1, 0.15) is 27.3 Å². The second-order valence-corrected chi connectivity index (χ2v) is 8.39. The van der Waals surface area contributed by atoms with E-state index >= 15 is 0 Å². The Kier molecular flexibility index (Phi) is 6.32. The van der Waals surface area contributed by atoms with E-state index in [2.05, 4.69) is 25.7 Å². The van der Waals surface area contributed by atoms with E-state index in [1.54, 1.807) is 12.3 Å². The Balaban J connectivity index is 1.25. The Bertz CT molecular complexity index is 1540. The standard InChI is InChI=1S/C27H22ClN5O2/c1-17-22(21-10-3-5-12-24(21)30-17)15-29-33-27(34)26-14-25(31-32-26)18-8-6-9-20(13-18)35-16-19-7-2-4-11-23(19)28/h2-15,30H,16H2,1H3,(H,31,32)(H,33,34). The number of rotatable bonds is 7. The number of aromatic nitrogens is 3. The fraction of sp³-hybridized carbons (Fsp3) is 0.0741. The highest BCUT2D eigenvalue weighted by molar-refractivity contribution is 6.31. The van der Waals surface area contributed by atoms with E-state index in [1.165, 1.54) is 0 Å². The van der Waals surface area contributed by atoms with Crippen LogP contribution < -0.4 is 10.2 Å². The van der Waals surface area contributed by atoms with Crippen molar-refractivity contribution in [1.29, 1.82) is 0 Å². The monoisotopic (exact) mass is 483 g/mol. The van der Waals surface area contributed by atoms with E-state index < -0.39 is 0 Å². The Labute approximate surface area is 206 Å². The number of hydrazone groups is 1. The van der Waals surface area contributed by atoms with Crippen LogP contribution in [0.2, 0.25) is 5.02 Å². The molecule has 174 valence electrons. The van der Waals surface area contributed by atoms with E-state index in [-0.39, 0.29) is 5.91 Å². The van der Waals surface area contributed by atoms with E-state index in [0.29, 0.717) is 28.8 Å². The lowest BCUT2D eigenvalue weighted by molar-refractivity contribution is 0.0950. The van der Waals surface area contributed by atoms with Gasteiger partial charge in [-0.25, -0.2) is 5.43 Å². The van der Waals surface area contributed by atoms with Crippen molar-refractivity contribution in [2.45, 2.75) is 13.5 Å². The van der Waals surface area contributed by atoms with Crippen molar-refractivity contribution in [2.24, 2.45) is 5.10 Å². The van der Waals surface area contributed by atoms with Gasteiger partial charge in [-0.1, -0.05) is 60.1 Å². The van der Waals surface area contributed by atoms with Gasteiger partial charge in [-0.15, -0.1) is 0 Å². The Hall–Kier alpha value is -4.36. The molecule has 0 saturated heterocycles. The zero-order valence-electron chi connectivity index (χ0n) is 18.9. The molecule has 0 bridgehead atoms. The smallest absolute Gasteiger partial charge is 0.289 e. The molecule has 7 nitrogen and oxygen atoms in total. The molecule has 0 radical (unpaired) electrons. The molecule has 2 heterocycles. The van der Waals surface area contributed by atoms with Gasteiger partial charge in [-0.3, -0.25) is 9.89 Å². The minimum Gasteiger partial charge on any atom is -0.489 e. The molecular weight excluding hydrogens is 462 g/mol. The summed E-state index contributed by atoms with van der Waals surface area (Å²) in [6.07, 6.45) is 1.64. The van der Waals surface area contributed by atoms with E-state index in [1.807, 2.05) is 79.7 Å². The minimum absolute atomic E-state index is 0.301. The summed E-state index contributed by atoms with van der Waals surface area (Å²) in [6, 6.07) is 24.7. The number of aryl methyl sites for hydroxylation is 1. The maximum Gasteiger partial charge on any atom is 0.289 e. The number of H-pyrrole nitrogens is 2. The van der Waals surface area contributed by atoms with Crippen molar-refractivity contribution in [3.8, 4) is 17.0 Å². The number of benzene rings is 3. The summed E-state index contributed by atoms with van der Waals surface area (Å²) in [4.78, 5) is 15.9. The molecule has 0 spiro atoms. The first-order chi connectivity index (χ1) is 17.1. The lowest BCUT2D eigenvalue weighted by Gasteiger charge is -2.08. The van der Waals surface area contributed by atoms with E-state index in [0.717, 1.165) is 33.3 Å². The molecule has 3 N–H and O–H groups in total. The number of nitrogens with zero attached hydrogens (tertiary/aromatic N) is 2. The number of aromatic amines is 2. The highest BCUT2D eigenvalue weighted by Crippen LogP contribution is 2.25. The van der Waals surface area contributed by atoms with Crippen LogP contribution in [0, 0.1) is 6.92 Å². The van der Waals surface area contributed by atoms with Crippen LogP contribution in [0.3, 0.4) is 0 Å². The molecule has 0 aliphatic heterocycles. The van der Waals surface area contributed by atoms with Crippen molar-refractivity contribution < 1.29 is 9.53 Å². The third-order valence-corrected chi connectivity index (χ3v) is 5.98. The highest BCUT2D eigenvalue weighted by atomic mass is 35.5. The van der Waals surface area contributed by atoms with Gasteiger partial charge >= 0.3 is 0 Å². The van der Waals surface area contributed by atoms with Gasteiger partial charge in [-0.05, 0) is 37.3 Å². The Morgan fingerprint density at radius 1 is 1.09 bits per heavy atom. The quantitative estimate of drug-likeness (QED) is 0.200. The molecule has 3 aromatic carbocycles. The van der Waals surface area contributed by atoms with E-state index in [9.17, 15) is 4.79 Å². The van der Waals surface area contributed by atoms with Gasteiger partial charge in [0.1, 0.15) is 18.1 Å². The van der Waals surface area contributed by atoms with Crippen molar-refractivity contribution in [1.82, 2.24) is 20.6 Å². The molecule has 0 fully saturated rings. The number of nitrogens with one attached hydrogen (secondary N) is 3. The first-order valence-electron chi connectivity index (χ1n) is 11.0. The predicted molar refractivity (Wildman–Crippen MR) is 138 cm³/mol. The third-order valence-electron chi connectivity index (χ3n) is 5.61. The molecule has 2 aromatic heterocycles. The van der Waals surface area contributed by atoms with Gasteiger partial charge in [0.2, 0.25) is 0 Å². The number of amides is 1. The maximum absolute atomic E-state index is 12.6. The fourth-order valence-electron chi connectivity index (χ4n) is 3.79. The van der Waals surface area contributed by atoms with Crippen LogP contribution in [0.5, 0.6) is 5.75 Å². The number of hydrogen-bond donors (Lipinski definition) is 3. The van der Waals surface area contributed by atoms with Crippen LogP contribution in [0.25, 0.3) is 22.2 Å². The summed E-state index contributed by atoms with van der Waals surface area (Å²) in [5.41, 5.74) is 8.13. The third kappa shape index (κ3) is 4.95. The number of halogens is 1. The summed E-state index contributed by atoms with van der Waals surface area (Å²) in [7, 11) is 0. The first kappa shape index (κ1) is 22.4. The summed E-state index contributed by atoms with van der Waals surface area (Å²) < 4.78 is 5.89. The molecule has 0 aliphatic rings. The van der Waals surface area contributed by atoms with Crippen molar-refractivity contribution in [3.63, 3.8) is 0 Å². The lowest BCUT2D eigenvalue weighted by Crippen LogP contribution is -2.18. The molecule has 35 heavy (non-hydrogen) atoms. The van der Waals surface area contributed by atoms with Crippen molar-refractivity contribution in [2.75, 3.05) is 0 Å². The van der Waals surface area contributed by atoms with Crippen LogP contribution in [0.15, 0.2) is 84.0 Å². The highest BCUT2D eigenvalue weighted by Gasteiger charge is 2.12. The molecule has 5 rings (SSSR count). The number of carbonyl (C=O) groups is 1. The molecular formula is C27H22ClN5O2. The van der Waals surface area contributed by atoms with Crippen molar-refractivity contribution >= 4 is 34.6 Å². The zero-order valence-corrected chi connectivity index (χ0v) is 19.6. The first-order valence-corrected chi connectivity index (χ1v) is 11.4. The summed E-state index contributed by atoms with van der Waals surface area (Å²) in [5.74, 6) is 0.290. The normalized spacial score (nSPS) is 11.3. The largest absolute Gasteiger partial charge is 0.489 e. The predicted octanol–water partition coefficient (Wildman–Crippen LogP) is 5.86. The molecule has 0 atom stereocenters. The maximum atomic E-state index is 12.6.